The van der Waals surface area contributed by atoms with E-state index in [1.165, 1.54) is 0 Å². The van der Waals surface area contributed by atoms with Crippen LogP contribution < -0.4 is 0 Å². The average molecular weight is 339 g/mol. The number of aromatic nitrogens is 1. The molecule has 0 aliphatic rings. The minimum Gasteiger partial charge on any atom is -0.508 e. The van der Waals surface area contributed by atoms with Crippen LogP contribution in [0.1, 0.15) is 36.6 Å². The van der Waals surface area contributed by atoms with E-state index in [0.717, 1.165) is 27.7 Å². The molecule has 25 heavy (non-hydrogen) atoms. The van der Waals surface area contributed by atoms with Crippen LogP contribution in [0.3, 0.4) is 0 Å². The van der Waals surface area contributed by atoms with Crippen molar-refractivity contribution in [1.82, 2.24) is 4.57 Å². The monoisotopic (exact) mass is 339 g/mol. The summed E-state index contributed by atoms with van der Waals surface area (Å²) in [6.07, 6.45) is -0.0873. The van der Waals surface area contributed by atoms with Crippen molar-refractivity contribution >= 4 is 16.9 Å². The zero-order chi connectivity index (χ0) is 18.1. The number of hydrogen-bond donors (Lipinski definition) is 3. The van der Waals surface area contributed by atoms with Crippen LogP contribution in [-0.2, 0) is 17.8 Å². The molecule has 0 fully saturated rings. The molecule has 0 spiro atoms. The highest BCUT2D eigenvalue weighted by Crippen LogP contribution is 2.34. The van der Waals surface area contributed by atoms with Gasteiger partial charge in [-0.1, -0.05) is 26.0 Å². The van der Waals surface area contributed by atoms with Crippen molar-refractivity contribution in [1.29, 1.82) is 0 Å². The summed E-state index contributed by atoms with van der Waals surface area (Å²) in [7, 11) is 0. The summed E-state index contributed by atoms with van der Waals surface area (Å²) in [4.78, 5) is 11.4. The van der Waals surface area contributed by atoms with E-state index >= 15 is 0 Å². The Morgan fingerprint density at radius 3 is 2.28 bits per heavy atom. The topological polar surface area (TPSA) is 82.7 Å². The first-order chi connectivity index (χ1) is 11.9. The third-order valence-corrected chi connectivity index (χ3v) is 4.35. The lowest BCUT2D eigenvalue weighted by Gasteiger charge is -2.15. The Kier molecular flexibility index (Phi) is 4.40. The number of rotatable bonds is 5. The average Bonchev–Trinajstić information content (AvgIpc) is 2.82. The first kappa shape index (κ1) is 16.9. The van der Waals surface area contributed by atoms with Gasteiger partial charge in [0.25, 0.3) is 0 Å². The first-order valence-corrected chi connectivity index (χ1v) is 8.20. The van der Waals surface area contributed by atoms with E-state index in [1.807, 2.05) is 32.0 Å². The molecular weight excluding hydrogens is 318 g/mol. The van der Waals surface area contributed by atoms with E-state index in [4.69, 9.17) is 0 Å². The number of phenols is 2. The fourth-order valence-electron chi connectivity index (χ4n) is 3.38. The Labute approximate surface area is 145 Å². The maximum absolute atomic E-state index is 11.4. The lowest BCUT2D eigenvalue weighted by Crippen LogP contribution is -2.09. The van der Waals surface area contributed by atoms with E-state index < -0.39 is 5.97 Å². The Morgan fingerprint density at radius 1 is 1.04 bits per heavy atom. The molecule has 0 bridgehead atoms. The second-order valence-electron chi connectivity index (χ2n) is 6.54. The highest BCUT2D eigenvalue weighted by molar-refractivity contribution is 5.90. The van der Waals surface area contributed by atoms with Gasteiger partial charge in [0.1, 0.15) is 11.5 Å². The highest BCUT2D eigenvalue weighted by atomic mass is 16.4. The van der Waals surface area contributed by atoms with Crippen molar-refractivity contribution in [3.8, 4) is 11.5 Å². The fourth-order valence-corrected chi connectivity index (χ4v) is 3.38. The summed E-state index contributed by atoms with van der Waals surface area (Å²) in [5.41, 5.74) is 3.60. The van der Waals surface area contributed by atoms with Crippen LogP contribution >= 0.6 is 0 Å². The van der Waals surface area contributed by atoms with Gasteiger partial charge in [0.2, 0.25) is 0 Å². The molecule has 0 aliphatic heterocycles. The molecular formula is C20H21NO4. The number of phenolic OH excluding ortho intramolecular Hbond substituents is 2. The summed E-state index contributed by atoms with van der Waals surface area (Å²) in [5.74, 6) is -0.437. The van der Waals surface area contributed by atoms with Gasteiger partial charge in [-0.2, -0.15) is 0 Å². The minimum atomic E-state index is -0.895. The molecule has 2 aromatic carbocycles. The maximum atomic E-state index is 11.4. The number of fused-ring (bicyclic) bond motifs is 1. The Balaban J connectivity index is 2.23. The zero-order valence-electron chi connectivity index (χ0n) is 14.2. The second kappa shape index (κ2) is 6.51. The fraction of sp³-hybridized carbons (Fsp3) is 0.250. The summed E-state index contributed by atoms with van der Waals surface area (Å²) in [6.45, 7) is 4.63. The Hall–Kier alpha value is -2.95. The number of aliphatic carboxylic acids is 1. The Morgan fingerprint density at radius 2 is 1.68 bits per heavy atom. The van der Waals surface area contributed by atoms with Gasteiger partial charge in [0, 0.05) is 23.1 Å². The predicted octanol–water partition coefficient (Wildman–Crippen LogP) is 3.85. The lowest BCUT2D eigenvalue weighted by molar-refractivity contribution is -0.136. The Bertz CT molecular complexity index is 923. The van der Waals surface area contributed by atoms with Gasteiger partial charge in [0.15, 0.2) is 0 Å². The molecule has 5 nitrogen and oxygen atoms in total. The van der Waals surface area contributed by atoms with E-state index in [1.54, 1.807) is 24.3 Å². The third kappa shape index (κ3) is 3.31. The van der Waals surface area contributed by atoms with Crippen molar-refractivity contribution in [3.05, 3.63) is 59.3 Å². The van der Waals surface area contributed by atoms with Gasteiger partial charge < -0.3 is 19.9 Å². The SMILES string of the molecule is CC(C)c1c(CC(=O)O)c2cc(O)ccc2n1Cc1ccc(O)cc1. The molecule has 0 amide bonds. The molecule has 1 aromatic heterocycles. The van der Waals surface area contributed by atoms with E-state index in [9.17, 15) is 20.1 Å². The molecule has 3 rings (SSSR count). The van der Waals surface area contributed by atoms with Crippen molar-refractivity contribution < 1.29 is 20.1 Å². The second-order valence-corrected chi connectivity index (χ2v) is 6.54. The molecule has 0 unspecified atom stereocenters. The number of nitrogens with zero attached hydrogens (tertiary/aromatic N) is 1. The highest BCUT2D eigenvalue weighted by Gasteiger charge is 2.21. The van der Waals surface area contributed by atoms with Crippen LogP contribution in [0.2, 0.25) is 0 Å². The number of carbonyl (C=O) groups is 1. The van der Waals surface area contributed by atoms with Crippen LogP contribution in [0.15, 0.2) is 42.5 Å². The molecule has 0 radical (unpaired) electrons. The summed E-state index contributed by atoms with van der Waals surface area (Å²) in [5, 5.41) is 29.4. The van der Waals surface area contributed by atoms with Crippen LogP contribution in [0.25, 0.3) is 10.9 Å². The molecule has 3 aromatic rings. The molecule has 0 atom stereocenters. The summed E-state index contributed by atoms with van der Waals surface area (Å²) in [6, 6.07) is 12.0. The lowest BCUT2D eigenvalue weighted by atomic mass is 10.0. The van der Waals surface area contributed by atoms with Gasteiger partial charge in [-0.05, 0) is 47.4 Å². The van der Waals surface area contributed by atoms with Crippen LogP contribution in [0.4, 0.5) is 0 Å². The summed E-state index contributed by atoms with van der Waals surface area (Å²) >= 11 is 0. The van der Waals surface area contributed by atoms with Gasteiger partial charge in [-0.25, -0.2) is 0 Å². The van der Waals surface area contributed by atoms with Crippen molar-refractivity contribution in [2.24, 2.45) is 0 Å². The molecule has 130 valence electrons. The van der Waals surface area contributed by atoms with Crippen molar-refractivity contribution in [2.75, 3.05) is 0 Å². The number of benzene rings is 2. The van der Waals surface area contributed by atoms with Gasteiger partial charge in [-0.3, -0.25) is 4.79 Å². The molecule has 5 heteroatoms. The zero-order valence-corrected chi connectivity index (χ0v) is 14.2. The van der Waals surface area contributed by atoms with Gasteiger partial charge in [0.05, 0.1) is 6.42 Å². The standard InChI is InChI=1S/C20H21NO4/c1-12(2)20-17(10-19(24)25)16-9-15(23)7-8-18(16)21(20)11-13-3-5-14(22)6-4-13/h3-9,12,22-23H,10-11H2,1-2H3,(H,24,25). The smallest absolute Gasteiger partial charge is 0.307 e. The van der Waals surface area contributed by atoms with E-state index in [2.05, 4.69) is 4.57 Å². The number of hydrogen-bond acceptors (Lipinski definition) is 3. The van der Waals surface area contributed by atoms with Gasteiger partial charge >= 0.3 is 5.97 Å². The van der Waals surface area contributed by atoms with Crippen molar-refractivity contribution in [3.63, 3.8) is 0 Å². The first-order valence-electron chi connectivity index (χ1n) is 8.20. The minimum absolute atomic E-state index is 0.0873. The summed E-state index contributed by atoms with van der Waals surface area (Å²) < 4.78 is 2.10. The van der Waals surface area contributed by atoms with Crippen LogP contribution in [0, 0.1) is 0 Å². The third-order valence-electron chi connectivity index (χ3n) is 4.35. The normalized spacial score (nSPS) is 11.3. The van der Waals surface area contributed by atoms with E-state index in [0.29, 0.717) is 6.54 Å². The quantitative estimate of drug-likeness (QED) is 0.659. The number of carboxylic acid groups (broad SMARTS) is 1. The van der Waals surface area contributed by atoms with Crippen LogP contribution in [0.5, 0.6) is 11.5 Å². The number of aromatic hydroxyl groups is 2. The largest absolute Gasteiger partial charge is 0.508 e. The van der Waals surface area contributed by atoms with E-state index in [-0.39, 0.29) is 23.8 Å². The molecule has 1 heterocycles. The molecule has 0 saturated carbocycles. The molecule has 3 N–H and O–H groups in total. The molecule has 0 aliphatic carbocycles. The van der Waals surface area contributed by atoms with Gasteiger partial charge in [-0.15, -0.1) is 0 Å². The maximum Gasteiger partial charge on any atom is 0.307 e. The van der Waals surface area contributed by atoms with Crippen LogP contribution in [-0.4, -0.2) is 25.9 Å². The molecule has 0 saturated heterocycles. The number of carboxylic acids is 1. The predicted molar refractivity (Wildman–Crippen MR) is 96.2 cm³/mol. The van der Waals surface area contributed by atoms with Crippen molar-refractivity contribution in [2.45, 2.75) is 32.7 Å².